The summed E-state index contributed by atoms with van der Waals surface area (Å²) in [6.07, 6.45) is 2.66. The first-order chi connectivity index (χ1) is 7.18. The normalized spacial score (nSPS) is 17.7. The predicted octanol–water partition coefficient (Wildman–Crippen LogP) is 2.93. The van der Waals surface area contributed by atoms with Crippen molar-refractivity contribution in [3.05, 3.63) is 28.8 Å². The maximum absolute atomic E-state index is 9.69. The van der Waals surface area contributed by atoms with Crippen LogP contribution in [0, 0.1) is 5.92 Å². The highest BCUT2D eigenvalue weighted by atomic mass is 35.5. The zero-order chi connectivity index (χ0) is 10.8. The molecule has 0 spiro atoms. The van der Waals surface area contributed by atoms with Crippen LogP contribution >= 0.6 is 11.6 Å². The Morgan fingerprint density at radius 2 is 2.27 bits per heavy atom. The van der Waals surface area contributed by atoms with Gasteiger partial charge in [-0.25, -0.2) is 0 Å². The van der Waals surface area contributed by atoms with Crippen molar-refractivity contribution in [3.8, 4) is 5.75 Å². The number of halogens is 1. The fourth-order valence-electron chi connectivity index (χ4n) is 1.74. The van der Waals surface area contributed by atoms with Crippen LogP contribution in [-0.2, 0) is 6.54 Å². The molecular formula is C12H16ClNO. The maximum atomic E-state index is 9.69. The molecule has 0 aliphatic heterocycles. The van der Waals surface area contributed by atoms with Gasteiger partial charge in [-0.1, -0.05) is 23.7 Å². The summed E-state index contributed by atoms with van der Waals surface area (Å²) in [6.45, 7) is 2.88. The van der Waals surface area contributed by atoms with Crippen molar-refractivity contribution < 1.29 is 5.11 Å². The molecule has 1 fully saturated rings. The Balaban J connectivity index is 1.95. The molecule has 15 heavy (non-hydrogen) atoms. The molecule has 3 heteroatoms. The fraction of sp³-hybridized carbons (Fsp3) is 0.500. The number of nitrogens with one attached hydrogen (secondary N) is 1. The number of benzene rings is 1. The van der Waals surface area contributed by atoms with E-state index in [4.69, 9.17) is 11.6 Å². The van der Waals surface area contributed by atoms with Gasteiger partial charge in [-0.15, -0.1) is 0 Å². The van der Waals surface area contributed by atoms with Crippen molar-refractivity contribution in [2.75, 3.05) is 0 Å². The number of hydrogen-bond donors (Lipinski definition) is 2. The number of phenols is 1. The second-order valence-corrected chi connectivity index (χ2v) is 4.66. The molecule has 1 atom stereocenters. The predicted molar refractivity (Wildman–Crippen MR) is 62.1 cm³/mol. The molecule has 1 unspecified atom stereocenters. The molecule has 1 aromatic carbocycles. The summed E-state index contributed by atoms with van der Waals surface area (Å²) in [4.78, 5) is 0. The van der Waals surface area contributed by atoms with Crippen molar-refractivity contribution in [2.45, 2.75) is 32.4 Å². The van der Waals surface area contributed by atoms with Crippen LogP contribution < -0.4 is 5.32 Å². The average molecular weight is 226 g/mol. The summed E-state index contributed by atoms with van der Waals surface area (Å²) < 4.78 is 0. The summed E-state index contributed by atoms with van der Waals surface area (Å²) in [5.74, 6) is 1.03. The fourth-order valence-corrected chi connectivity index (χ4v) is 1.93. The van der Waals surface area contributed by atoms with Crippen LogP contribution in [0.3, 0.4) is 0 Å². The zero-order valence-corrected chi connectivity index (χ0v) is 9.59. The Kier molecular flexibility index (Phi) is 3.17. The first-order valence-electron chi connectivity index (χ1n) is 5.38. The minimum atomic E-state index is 0.203. The van der Waals surface area contributed by atoms with E-state index in [0.29, 0.717) is 17.6 Å². The summed E-state index contributed by atoms with van der Waals surface area (Å²) in [5.41, 5.74) is 0.870. The van der Waals surface area contributed by atoms with Crippen LogP contribution in [-0.4, -0.2) is 11.1 Å². The van der Waals surface area contributed by atoms with E-state index >= 15 is 0 Å². The Morgan fingerprint density at radius 1 is 1.53 bits per heavy atom. The third-order valence-electron chi connectivity index (χ3n) is 3.01. The Bertz CT molecular complexity index is 349. The van der Waals surface area contributed by atoms with E-state index in [-0.39, 0.29) is 5.75 Å². The molecule has 0 saturated heterocycles. The Hall–Kier alpha value is -0.730. The Morgan fingerprint density at radius 3 is 2.93 bits per heavy atom. The molecule has 0 aromatic heterocycles. The van der Waals surface area contributed by atoms with Crippen molar-refractivity contribution in [1.29, 1.82) is 0 Å². The molecule has 2 rings (SSSR count). The van der Waals surface area contributed by atoms with Gasteiger partial charge < -0.3 is 10.4 Å². The van der Waals surface area contributed by atoms with Gasteiger partial charge in [-0.3, -0.25) is 0 Å². The van der Waals surface area contributed by atoms with Crippen molar-refractivity contribution in [1.82, 2.24) is 5.32 Å². The van der Waals surface area contributed by atoms with Crippen LogP contribution in [0.2, 0.25) is 5.02 Å². The van der Waals surface area contributed by atoms with Gasteiger partial charge in [0, 0.05) is 18.2 Å². The molecule has 1 aliphatic carbocycles. The topological polar surface area (TPSA) is 32.3 Å². The molecule has 2 nitrogen and oxygen atoms in total. The molecule has 0 heterocycles. The van der Waals surface area contributed by atoms with E-state index in [1.54, 1.807) is 6.07 Å². The molecule has 1 aliphatic rings. The highest BCUT2D eigenvalue weighted by Crippen LogP contribution is 2.33. The molecular weight excluding hydrogens is 210 g/mol. The lowest BCUT2D eigenvalue weighted by Gasteiger charge is -2.13. The van der Waals surface area contributed by atoms with Crippen LogP contribution in [0.1, 0.15) is 25.3 Å². The molecule has 1 aromatic rings. The molecule has 1 saturated carbocycles. The van der Waals surface area contributed by atoms with Gasteiger partial charge in [-0.05, 0) is 31.7 Å². The van der Waals surface area contributed by atoms with E-state index in [1.165, 1.54) is 12.8 Å². The van der Waals surface area contributed by atoms with E-state index in [1.807, 2.05) is 12.1 Å². The third kappa shape index (κ3) is 2.64. The number of rotatable bonds is 4. The largest absolute Gasteiger partial charge is 0.506 e. The van der Waals surface area contributed by atoms with Gasteiger partial charge in [0.2, 0.25) is 0 Å². The zero-order valence-electron chi connectivity index (χ0n) is 8.83. The molecule has 0 amide bonds. The molecule has 0 radical (unpaired) electrons. The van der Waals surface area contributed by atoms with E-state index in [2.05, 4.69) is 12.2 Å². The second kappa shape index (κ2) is 4.42. The lowest BCUT2D eigenvalue weighted by Crippen LogP contribution is -2.27. The van der Waals surface area contributed by atoms with Gasteiger partial charge in [0.25, 0.3) is 0 Å². The van der Waals surface area contributed by atoms with E-state index < -0.39 is 0 Å². The number of aromatic hydroxyl groups is 1. The number of phenolic OH excluding ortho intramolecular Hbond substituents is 1. The summed E-state index contributed by atoms with van der Waals surface area (Å²) in [7, 11) is 0. The standard InChI is InChI=1S/C12H16ClNO/c1-8(9-5-6-9)14-7-10-3-2-4-11(13)12(10)15/h2-4,8-9,14-15H,5-7H2,1H3. The maximum Gasteiger partial charge on any atom is 0.138 e. The van der Waals surface area contributed by atoms with Gasteiger partial charge in [-0.2, -0.15) is 0 Å². The second-order valence-electron chi connectivity index (χ2n) is 4.25. The smallest absolute Gasteiger partial charge is 0.138 e. The van der Waals surface area contributed by atoms with Gasteiger partial charge in [0.1, 0.15) is 5.75 Å². The first-order valence-corrected chi connectivity index (χ1v) is 5.76. The van der Waals surface area contributed by atoms with E-state index in [9.17, 15) is 5.11 Å². The van der Waals surface area contributed by atoms with Crippen molar-refractivity contribution in [2.24, 2.45) is 5.92 Å². The van der Waals surface area contributed by atoms with Gasteiger partial charge >= 0.3 is 0 Å². The van der Waals surface area contributed by atoms with Crippen molar-refractivity contribution in [3.63, 3.8) is 0 Å². The lowest BCUT2D eigenvalue weighted by atomic mass is 10.1. The highest BCUT2D eigenvalue weighted by molar-refractivity contribution is 6.32. The van der Waals surface area contributed by atoms with Crippen molar-refractivity contribution >= 4 is 11.6 Å². The summed E-state index contributed by atoms with van der Waals surface area (Å²) in [6, 6.07) is 5.99. The first kappa shape index (κ1) is 10.8. The monoisotopic (exact) mass is 225 g/mol. The van der Waals surface area contributed by atoms with Crippen LogP contribution in [0.25, 0.3) is 0 Å². The Labute approximate surface area is 95.3 Å². The van der Waals surface area contributed by atoms with Gasteiger partial charge in [0.15, 0.2) is 0 Å². The summed E-state index contributed by atoms with van der Waals surface area (Å²) in [5, 5.41) is 13.5. The lowest BCUT2D eigenvalue weighted by molar-refractivity contribution is 0.451. The van der Waals surface area contributed by atoms with Gasteiger partial charge in [0.05, 0.1) is 5.02 Å². The number of para-hydroxylation sites is 1. The summed E-state index contributed by atoms with van der Waals surface area (Å²) >= 11 is 5.83. The third-order valence-corrected chi connectivity index (χ3v) is 3.32. The molecule has 2 N–H and O–H groups in total. The van der Waals surface area contributed by atoms with Crippen LogP contribution in [0.4, 0.5) is 0 Å². The van der Waals surface area contributed by atoms with E-state index in [0.717, 1.165) is 11.5 Å². The minimum Gasteiger partial charge on any atom is -0.506 e. The molecule has 0 bridgehead atoms. The molecule has 82 valence electrons. The average Bonchev–Trinajstić information content (AvgIpc) is 3.03. The highest BCUT2D eigenvalue weighted by Gasteiger charge is 2.27. The van der Waals surface area contributed by atoms with Crippen LogP contribution in [0.5, 0.6) is 5.75 Å². The quantitative estimate of drug-likeness (QED) is 0.826. The van der Waals surface area contributed by atoms with Crippen LogP contribution in [0.15, 0.2) is 18.2 Å². The SMILES string of the molecule is CC(NCc1cccc(Cl)c1O)C1CC1. The number of hydrogen-bond acceptors (Lipinski definition) is 2. The minimum absolute atomic E-state index is 0.203.